The molecule has 1 N–H and O–H groups in total. The van der Waals surface area contributed by atoms with E-state index in [4.69, 9.17) is 9.15 Å². The van der Waals surface area contributed by atoms with Gasteiger partial charge in [0.15, 0.2) is 0 Å². The third kappa shape index (κ3) is 4.81. The highest BCUT2D eigenvalue weighted by Gasteiger charge is 2.29. The predicted octanol–water partition coefficient (Wildman–Crippen LogP) is 4.56. The summed E-state index contributed by atoms with van der Waals surface area (Å²) in [7, 11) is 1.63. The Labute approximate surface area is 212 Å². The lowest BCUT2D eigenvalue weighted by Gasteiger charge is -2.36. The Morgan fingerprint density at radius 1 is 0.973 bits per heavy atom. The van der Waals surface area contributed by atoms with Gasteiger partial charge in [0.25, 0.3) is 17.5 Å². The molecule has 0 radical (unpaired) electrons. The highest BCUT2D eigenvalue weighted by atomic mass is 16.6. The number of nitrogens with one attached hydrogen (secondary N) is 1. The molecule has 0 bridgehead atoms. The van der Waals surface area contributed by atoms with Crippen LogP contribution in [0, 0.1) is 10.1 Å². The Morgan fingerprint density at radius 2 is 1.70 bits per heavy atom. The van der Waals surface area contributed by atoms with Crippen LogP contribution in [0.15, 0.2) is 77.2 Å². The van der Waals surface area contributed by atoms with Crippen molar-refractivity contribution in [2.45, 2.75) is 0 Å². The van der Waals surface area contributed by atoms with Crippen molar-refractivity contribution in [3.05, 3.63) is 94.2 Å². The Balaban J connectivity index is 1.36. The Morgan fingerprint density at radius 3 is 2.41 bits per heavy atom. The summed E-state index contributed by atoms with van der Waals surface area (Å²) in [6.07, 6.45) is 0. The first kappa shape index (κ1) is 23.9. The number of amides is 2. The number of fused-ring (bicyclic) bond motifs is 1. The van der Waals surface area contributed by atoms with Gasteiger partial charge < -0.3 is 24.3 Å². The molecule has 1 aliphatic heterocycles. The van der Waals surface area contributed by atoms with Crippen molar-refractivity contribution < 1.29 is 23.7 Å². The maximum Gasteiger partial charge on any atom is 0.291 e. The van der Waals surface area contributed by atoms with E-state index in [1.165, 1.54) is 24.3 Å². The fraction of sp³-hybridized carbons (Fsp3) is 0.185. The molecule has 4 aromatic rings. The molecule has 1 aromatic heterocycles. The second-order valence-corrected chi connectivity index (χ2v) is 8.54. The first-order chi connectivity index (χ1) is 17.9. The number of piperazine rings is 1. The highest BCUT2D eigenvalue weighted by Crippen LogP contribution is 2.33. The molecule has 0 spiro atoms. The van der Waals surface area contributed by atoms with Crippen LogP contribution in [-0.2, 0) is 0 Å². The molecule has 10 nitrogen and oxygen atoms in total. The summed E-state index contributed by atoms with van der Waals surface area (Å²) in [5.74, 6) is -0.00295. The molecule has 0 unspecified atom stereocenters. The number of hydrogen-bond acceptors (Lipinski definition) is 7. The van der Waals surface area contributed by atoms with Gasteiger partial charge in [0.05, 0.1) is 12.0 Å². The molecule has 2 amide bonds. The molecule has 0 atom stereocenters. The number of non-ortho nitro benzene ring substituents is 1. The smallest absolute Gasteiger partial charge is 0.291 e. The van der Waals surface area contributed by atoms with E-state index < -0.39 is 10.8 Å². The zero-order chi connectivity index (χ0) is 25.9. The maximum absolute atomic E-state index is 13.5. The van der Waals surface area contributed by atoms with Gasteiger partial charge in [0.2, 0.25) is 5.76 Å². The first-order valence-electron chi connectivity index (χ1n) is 11.7. The van der Waals surface area contributed by atoms with Crippen molar-refractivity contribution in [2.75, 3.05) is 43.5 Å². The van der Waals surface area contributed by atoms with Crippen LogP contribution >= 0.6 is 0 Å². The molecule has 2 heterocycles. The quantitative estimate of drug-likeness (QED) is 0.304. The average Bonchev–Trinajstić information content (AvgIpc) is 3.31. The van der Waals surface area contributed by atoms with Gasteiger partial charge in [-0.05, 0) is 36.4 Å². The lowest BCUT2D eigenvalue weighted by Crippen LogP contribution is -2.48. The van der Waals surface area contributed by atoms with E-state index >= 15 is 0 Å². The first-order valence-corrected chi connectivity index (χ1v) is 11.7. The number of nitro groups is 1. The van der Waals surface area contributed by atoms with Gasteiger partial charge in [-0.25, -0.2) is 0 Å². The molecule has 1 aliphatic rings. The van der Waals surface area contributed by atoms with Gasteiger partial charge >= 0.3 is 0 Å². The number of furan rings is 1. The van der Waals surface area contributed by atoms with E-state index in [0.29, 0.717) is 37.1 Å². The van der Waals surface area contributed by atoms with Crippen LogP contribution in [-0.4, -0.2) is 54.9 Å². The Bertz CT molecular complexity index is 1470. The fourth-order valence-corrected chi connectivity index (χ4v) is 4.36. The molecule has 188 valence electrons. The third-order valence-electron chi connectivity index (χ3n) is 6.35. The van der Waals surface area contributed by atoms with Gasteiger partial charge in [-0.3, -0.25) is 19.7 Å². The summed E-state index contributed by atoms with van der Waals surface area (Å²) in [6.45, 7) is 2.21. The maximum atomic E-state index is 13.5. The number of rotatable bonds is 6. The molecule has 1 fully saturated rings. The van der Waals surface area contributed by atoms with Crippen molar-refractivity contribution in [3.63, 3.8) is 0 Å². The highest BCUT2D eigenvalue weighted by molar-refractivity contribution is 6.14. The summed E-state index contributed by atoms with van der Waals surface area (Å²) in [6, 6.07) is 20.1. The van der Waals surface area contributed by atoms with Crippen molar-refractivity contribution in [1.82, 2.24) is 4.90 Å². The number of para-hydroxylation sites is 1. The van der Waals surface area contributed by atoms with Crippen LogP contribution in [0.3, 0.4) is 0 Å². The summed E-state index contributed by atoms with van der Waals surface area (Å²) < 4.78 is 11.2. The molecular weight excluding hydrogens is 476 g/mol. The van der Waals surface area contributed by atoms with E-state index in [0.717, 1.165) is 11.4 Å². The number of anilines is 2. The van der Waals surface area contributed by atoms with E-state index in [9.17, 15) is 19.7 Å². The molecule has 3 aromatic carbocycles. The van der Waals surface area contributed by atoms with Crippen LogP contribution in [0.5, 0.6) is 5.75 Å². The monoisotopic (exact) mass is 500 g/mol. The van der Waals surface area contributed by atoms with Gasteiger partial charge in [0.1, 0.15) is 17.0 Å². The van der Waals surface area contributed by atoms with Crippen LogP contribution in [0.4, 0.5) is 17.1 Å². The minimum absolute atomic E-state index is 0.0475. The van der Waals surface area contributed by atoms with Crippen LogP contribution in [0.25, 0.3) is 11.0 Å². The van der Waals surface area contributed by atoms with Crippen LogP contribution in [0.1, 0.15) is 20.9 Å². The van der Waals surface area contributed by atoms with Gasteiger partial charge in [0, 0.05) is 61.0 Å². The number of carbonyl (C=O) groups is 2. The zero-order valence-corrected chi connectivity index (χ0v) is 20.0. The molecule has 1 saturated heterocycles. The molecule has 0 aliphatic carbocycles. The van der Waals surface area contributed by atoms with Crippen LogP contribution in [0.2, 0.25) is 0 Å². The summed E-state index contributed by atoms with van der Waals surface area (Å²) in [5, 5.41) is 14.3. The number of ether oxygens (including phenoxy) is 1. The zero-order valence-electron chi connectivity index (χ0n) is 20.0. The molecule has 0 saturated carbocycles. The van der Waals surface area contributed by atoms with Crippen LogP contribution < -0.4 is 15.0 Å². The molecule has 10 heteroatoms. The van der Waals surface area contributed by atoms with E-state index in [1.54, 1.807) is 36.3 Å². The lowest BCUT2D eigenvalue weighted by atomic mass is 10.1. The molecule has 37 heavy (non-hydrogen) atoms. The number of carbonyl (C=O) groups excluding carboxylic acids is 2. The summed E-state index contributed by atoms with van der Waals surface area (Å²) >= 11 is 0. The van der Waals surface area contributed by atoms with E-state index in [1.807, 2.05) is 24.3 Å². The third-order valence-corrected chi connectivity index (χ3v) is 6.35. The number of methoxy groups -OCH3 is 1. The van der Waals surface area contributed by atoms with E-state index in [2.05, 4.69) is 10.2 Å². The largest absolute Gasteiger partial charge is 0.497 e. The SMILES string of the molecule is COc1cccc(N2CCN(C(=O)c3oc4ccccc4c3NC(=O)c3ccc([N+](=O)[O-])cc3)CC2)c1. The van der Waals surface area contributed by atoms with Gasteiger partial charge in [-0.2, -0.15) is 0 Å². The Hall–Kier alpha value is -4.86. The van der Waals surface area contributed by atoms with Crippen molar-refractivity contribution >= 4 is 39.8 Å². The van der Waals surface area contributed by atoms with Crippen molar-refractivity contribution in [3.8, 4) is 5.75 Å². The van der Waals surface area contributed by atoms with Crippen molar-refractivity contribution in [2.24, 2.45) is 0 Å². The van der Waals surface area contributed by atoms with Gasteiger partial charge in [-0.15, -0.1) is 0 Å². The van der Waals surface area contributed by atoms with Crippen molar-refractivity contribution in [1.29, 1.82) is 0 Å². The standard InChI is InChI=1S/C27H24N4O6/c1-36-21-6-4-5-20(17-21)29-13-15-30(16-14-29)27(33)25-24(22-7-2-3-8-23(22)37-25)28-26(32)18-9-11-19(12-10-18)31(34)35/h2-12,17H,13-16H2,1H3,(H,28,32). The second-order valence-electron chi connectivity index (χ2n) is 8.54. The average molecular weight is 501 g/mol. The fourth-order valence-electron chi connectivity index (χ4n) is 4.36. The van der Waals surface area contributed by atoms with Gasteiger partial charge in [-0.1, -0.05) is 18.2 Å². The van der Waals surface area contributed by atoms with E-state index in [-0.39, 0.29) is 28.6 Å². The topological polar surface area (TPSA) is 118 Å². The lowest BCUT2D eigenvalue weighted by molar-refractivity contribution is -0.384. The predicted molar refractivity (Wildman–Crippen MR) is 138 cm³/mol. The number of benzene rings is 3. The Kier molecular flexibility index (Phi) is 6.46. The minimum Gasteiger partial charge on any atom is -0.497 e. The summed E-state index contributed by atoms with van der Waals surface area (Å²) in [4.78, 5) is 40.8. The molecule has 5 rings (SSSR count). The normalized spacial score (nSPS) is 13.4. The number of nitrogens with zero attached hydrogens (tertiary/aromatic N) is 3. The molecular formula is C27H24N4O6. The number of hydrogen-bond donors (Lipinski definition) is 1. The minimum atomic E-state index is -0.532. The summed E-state index contributed by atoms with van der Waals surface area (Å²) in [5.41, 5.74) is 1.88. The second kappa shape index (κ2) is 10.0. The number of nitro benzene ring substituents is 1.